The first kappa shape index (κ1) is 17.3. The molecule has 21 heavy (non-hydrogen) atoms. The van der Waals surface area contributed by atoms with E-state index in [1.807, 2.05) is 25.1 Å². The van der Waals surface area contributed by atoms with E-state index in [9.17, 15) is 13.2 Å². The number of hydrogen-bond donors (Lipinski definition) is 1. The molecule has 0 unspecified atom stereocenters. The quantitative estimate of drug-likeness (QED) is 0.903. The van der Waals surface area contributed by atoms with Gasteiger partial charge in [0.1, 0.15) is 6.07 Å². The standard InChI is InChI=1S/C15H20F3N3/c1-14(2,10-21(3)4)9-20-13-6-5-12(15(16,17)18)7-11(13)8-19/h5-7,20H,9-10H2,1-4H3. The highest BCUT2D eigenvalue weighted by molar-refractivity contribution is 5.59. The second-order valence-electron chi connectivity index (χ2n) is 6.13. The first-order valence-corrected chi connectivity index (χ1v) is 6.55. The van der Waals surface area contributed by atoms with Gasteiger partial charge < -0.3 is 10.2 Å². The van der Waals surface area contributed by atoms with E-state index >= 15 is 0 Å². The Labute approximate surface area is 123 Å². The van der Waals surface area contributed by atoms with Crippen molar-refractivity contribution < 1.29 is 13.2 Å². The smallest absolute Gasteiger partial charge is 0.383 e. The molecule has 0 aliphatic heterocycles. The molecule has 0 spiro atoms. The molecule has 0 aromatic heterocycles. The third-order valence-corrected chi connectivity index (χ3v) is 2.97. The summed E-state index contributed by atoms with van der Waals surface area (Å²) in [5.74, 6) is 0. The molecule has 1 rings (SSSR count). The van der Waals surface area contributed by atoms with Crippen molar-refractivity contribution in [2.45, 2.75) is 20.0 Å². The minimum absolute atomic E-state index is 0.00507. The first-order valence-electron chi connectivity index (χ1n) is 6.55. The fourth-order valence-electron chi connectivity index (χ4n) is 2.21. The Bertz CT molecular complexity index is 528. The van der Waals surface area contributed by atoms with Crippen LogP contribution in [-0.4, -0.2) is 32.1 Å². The molecule has 0 amide bonds. The van der Waals surface area contributed by atoms with Gasteiger partial charge in [0.25, 0.3) is 0 Å². The van der Waals surface area contributed by atoms with Crippen LogP contribution >= 0.6 is 0 Å². The largest absolute Gasteiger partial charge is 0.416 e. The summed E-state index contributed by atoms with van der Waals surface area (Å²) in [5, 5.41) is 12.1. The van der Waals surface area contributed by atoms with Gasteiger partial charge in [0, 0.05) is 13.1 Å². The van der Waals surface area contributed by atoms with Crippen molar-refractivity contribution in [3.05, 3.63) is 29.3 Å². The minimum Gasteiger partial charge on any atom is -0.383 e. The number of hydrogen-bond acceptors (Lipinski definition) is 3. The zero-order valence-corrected chi connectivity index (χ0v) is 12.7. The van der Waals surface area contributed by atoms with E-state index in [2.05, 4.69) is 19.2 Å². The van der Waals surface area contributed by atoms with Crippen LogP contribution in [-0.2, 0) is 6.18 Å². The number of nitrogens with zero attached hydrogens (tertiary/aromatic N) is 2. The molecular weight excluding hydrogens is 279 g/mol. The fourth-order valence-corrected chi connectivity index (χ4v) is 2.21. The van der Waals surface area contributed by atoms with Crippen molar-refractivity contribution in [2.24, 2.45) is 5.41 Å². The predicted octanol–water partition coefficient (Wildman–Crippen LogP) is 3.58. The van der Waals surface area contributed by atoms with E-state index < -0.39 is 11.7 Å². The summed E-state index contributed by atoms with van der Waals surface area (Å²) in [5.41, 5.74) is -0.446. The van der Waals surface area contributed by atoms with E-state index in [4.69, 9.17) is 5.26 Å². The zero-order valence-electron chi connectivity index (χ0n) is 12.7. The summed E-state index contributed by atoms with van der Waals surface area (Å²) in [7, 11) is 3.92. The van der Waals surface area contributed by atoms with Gasteiger partial charge in [0.2, 0.25) is 0 Å². The average molecular weight is 299 g/mol. The van der Waals surface area contributed by atoms with E-state index in [-0.39, 0.29) is 11.0 Å². The van der Waals surface area contributed by atoms with Crippen LogP contribution in [0.5, 0.6) is 0 Å². The van der Waals surface area contributed by atoms with Gasteiger partial charge in [-0.25, -0.2) is 0 Å². The number of nitrogens with one attached hydrogen (secondary N) is 1. The molecule has 1 aromatic rings. The molecule has 0 bridgehead atoms. The summed E-state index contributed by atoms with van der Waals surface area (Å²) < 4.78 is 37.9. The second kappa shape index (κ2) is 6.35. The van der Waals surface area contributed by atoms with Crippen molar-refractivity contribution in [1.29, 1.82) is 5.26 Å². The molecule has 0 aliphatic rings. The Morgan fingerprint density at radius 3 is 2.33 bits per heavy atom. The number of halogens is 3. The maximum atomic E-state index is 12.6. The third kappa shape index (κ3) is 5.27. The van der Waals surface area contributed by atoms with Crippen LogP contribution in [0, 0.1) is 16.7 Å². The van der Waals surface area contributed by atoms with Crippen molar-refractivity contribution in [1.82, 2.24) is 4.90 Å². The Morgan fingerprint density at radius 1 is 1.24 bits per heavy atom. The molecule has 0 fully saturated rings. The number of anilines is 1. The fraction of sp³-hybridized carbons (Fsp3) is 0.533. The van der Waals surface area contributed by atoms with Crippen LogP contribution in [0.15, 0.2) is 18.2 Å². The van der Waals surface area contributed by atoms with Gasteiger partial charge in [0.05, 0.1) is 16.8 Å². The Morgan fingerprint density at radius 2 is 1.86 bits per heavy atom. The molecule has 0 atom stereocenters. The lowest BCUT2D eigenvalue weighted by Crippen LogP contribution is -2.34. The molecule has 0 aliphatic carbocycles. The SMILES string of the molecule is CN(C)CC(C)(C)CNc1ccc(C(F)(F)F)cc1C#N. The van der Waals surface area contributed by atoms with E-state index in [1.165, 1.54) is 6.07 Å². The number of benzene rings is 1. The van der Waals surface area contributed by atoms with Crippen molar-refractivity contribution in [3.8, 4) is 6.07 Å². The Hall–Kier alpha value is -1.74. The maximum absolute atomic E-state index is 12.6. The predicted molar refractivity (Wildman–Crippen MR) is 77.0 cm³/mol. The summed E-state index contributed by atoms with van der Waals surface area (Å²) >= 11 is 0. The summed E-state index contributed by atoms with van der Waals surface area (Å²) in [6.45, 7) is 5.49. The topological polar surface area (TPSA) is 39.1 Å². The van der Waals surface area contributed by atoms with Crippen LogP contribution in [0.3, 0.4) is 0 Å². The van der Waals surface area contributed by atoms with Crippen LogP contribution < -0.4 is 5.32 Å². The number of alkyl halides is 3. The highest BCUT2D eigenvalue weighted by Gasteiger charge is 2.31. The van der Waals surface area contributed by atoms with Gasteiger partial charge in [-0.2, -0.15) is 18.4 Å². The van der Waals surface area contributed by atoms with E-state index in [0.717, 1.165) is 18.7 Å². The molecule has 0 radical (unpaired) electrons. The summed E-state index contributed by atoms with van der Waals surface area (Å²) in [6.07, 6.45) is -4.44. The lowest BCUT2D eigenvalue weighted by atomic mass is 9.92. The van der Waals surface area contributed by atoms with Gasteiger partial charge in [-0.05, 0) is 37.7 Å². The molecule has 1 aromatic carbocycles. The Kier molecular flexibility index (Phi) is 5.24. The molecule has 0 heterocycles. The Balaban J connectivity index is 2.88. The summed E-state index contributed by atoms with van der Waals surface area (Å²) in [6, 6.07) is 4.99. The second-order valence-corrected chi connectivity index (χ2v) is 6.13. The molecular formula is C15H20F3N3. The van der Waals surface area contributed by atoms with Crippen LogP contribution in [0.1, 0.15) is 25.0 Å². The van der Waals surface area contributed by atoms with Crippen LogP contribution in [0.4, 0.5) is 18.9 Å². The first-order chi connectivity index (χ1) is 9.55. The lowest BCUT2D eigenvalue weighted by molar-refractivity contribution is -0.137. The van der Waals surface area contributed by atoms with E-state index in [1.54, 1.807) is 0 Å². The molecule has 0 saturated heterocycles. The van der Waals surface area contributed by atoms with Crippen molar-refractivity contribution in [2.75, 3.05) is 32.5 Å². The van der Waals surface area contributed by atoms with Crippen LogP contribution in [0.2, 0.25) is 0 Å². The molecule has 6 heteroatoms. The molecule has 3 nitrogen and oxygen atoms in total. The van der Waals surface area contributed by atoms with Gasteiger partial charge in [0.15, 0.2) is 0 Å². The maximum Gasteiger partial charge on any atom is 0.416 e. The monoisotopic (exact) mass is 299 g/mol. The molecule has 1 N–H and O–H groups in total. The van der Waals surface area contributed by atoms with E-state index in [0.29, 0.717) is 12.2 Å². The van der Waals surface area contributed by atoms with Gasteiger partial charge >= 0.3 is 6.18 Å². The molecule has 0 saturated carbocycles. The normalized spacial score (nSPS) is 12.3. The highest BCUT2D eigenvalue weighted by Crippen LogP contribution is 2.32. The zero-order chi connectivity index (χ0) is 16.3. The number of rotatable bonds is 5. The lowest BCUT2D eigenvalue weighted by Gasteiger charge is -2.29. The third-order valence-electron chi connectivity index (χ3n) is 2.97. The van der Waals surface area contributed by atoms with Gasteiger partial charge in [-0.3, -0.25) is 0 Å². The van der Waals surface area contributed by atoms with Crippen molar-refractivity contribution in [3.63, 3.8) is 0 Å². The van der Waals surface area contributed by atoms with Crippen molar-refractivity contribution >= 4 is 5.69 Å². The van der Waals surface area contributed by atoms with Gasteiger partial charge in [-0.15, -0.1) is 0 Å². The minimum atomic E-state index is -4.44. The molecule has 116 valence electrons. The van der Waals surface area contributed by atoms with Gasteiger partial charge in [-0.1, -0.05) is 13.8 Å². The number of nitriles is 1. The average Bonchev–Trinajstić information content (AvgIpc) is 2.33. The van der Waals surface area contributed by atoms with Crippen LogP contribution in [0.25, 0.3) is 0 Å². The summed E-state index contributed by atoms with van der Waals surface area (Å²) in [4.78, 5) is 2.04. The highest BCUT2D eigenvalue weighted by atomic mass is 19.4.